The highest BCUT2D eigenvalue weighted by Crippen LogP contribution is 2.51. The molecule has 0 N–H and O–H groups in total. The molecule has 0 atom stereocenters. The van der Waals surface area contributed by atoms with E-state index in [1.165, 1.54) is 42.4 Å². The van der Waals surface area contributed by atoms with Crippen molar-refractivity contribution in [3.05, 3.63) is 187 Å². The van der Waals surface area contributed by atoms with Crippen LogP contribution in [0.3, 0.4) is 0 Å². The van der Waals surface area contributed by atoms with Gasteiger partial charge >= 0.3 is 0 Å². The molecule has 0 radical (unpaired) electrons. The van der Waals surface area contributed by atoms with Crippen LogP contribution in [-0.4, -0.2) is 0 Å². The number of rotatable bonds is 5. The Morgan fingerprint density at radius 1 is 0.462 bits per heavy atom. The molecule has 10 rings (SSSR count). The summed E-state index contributed by atoms with van der Waals surface area (Å²) >= 11 is 1.84. The normalized spacial score (nSPS) is 13.1. The number of anilines is 3. The quantitative estimate of drug-likeness (QED) is 0.174. The van der Waals surface area contributed by atoms with Gasteiger partial charge in [0.2, 0.25) is 0 Å². The third-order valence-corrected chi connectivity index (χ3v) is 12.1. The van der Waals surface area contributed by atoms with E-state index >= 15 is 4.39 Å². The largest absolute Gasteiger partial charge is 0.310 e. The van der Waals surface area contributed by atoms with E-state index in [0.29, 0.717) is 5.56 Å². The molecule has 9 aromatic rings. The topological polar surface area (TPSA) is 3.24 Å². The second-order valence-corrected chi connectivity index (χ2v) is 15.3. The summed E-state index contributed by atoms with van der Waals surface area (Å²) in [5.41, 5.74) is 12.1. The summed E-state index contributed by atoms with van der Waals surface area (Å²) < 4.78 is 17.8. The van der Waals surface area contributed by atoms with Crippen LogP contribution in [0, 0.1) is 5.82 Å². The van der Waals surface area contributed by atoms with Gasteiger partial charge in [0.25, 0.3) is 0 Å². The molecule has 0 bridgehead atoms. The number of fused-ring (bicyclic) bond motifs is 7. The maximum Gasteiger partial charge on any atom is 0.131 e. The highest BCUT2D eigenvalue weighted by Gasteiger charge is 2.35. The Morgan fingerprint density at radius 2 is 1.10 bits per heavy atom. The lowest BCUT2D eigenvalue weighted by Gasteiger charge is -2.28. The zero-order valence-corrected chi connectivity index (χ0v) is 29.7. The first-order valence-corrected chi connectivity index (χ1v) is 18.6. The van der Waals surface area contributed by atoms with Gasteiger partial charge in [0.1, 0.15) is 5.82 Å². The van der Waals surface area contributed by atoms with Crippen LogP contribution in [0.5, 0.6) is 0 Å². The molecule has 0 aliphatic heterocycles. The molecule has 0 fully saturated rings. The molecule has 1 heterocycles. The van der Waals surface area contributed by atoms with E-state index in [9.17, 15) is 0 Å². The van der Waals surface area contributed by atoms with Crippen molar-refractivity contribution in [3.8, 4) is 33.4 Å². The average molecular weight is 688 g/mol. The van der Waals surface area contributed by atoms with E-state index < -0.39 is 0 Å². The molecule has 3 heteroatoms. The third kappa shape index (κ3) is 4.73. The van der Waals surface area contributed by atoms with Crippen LogP contribution in [0.1, 0.15) is 25.0 Å². The Morgan fingerprint density at radius 3 is 1.96 bits per heavy atom. The zero-order valence-electron chi connectivity index (χ0n) is 28.9. The van der Waals surface area contributed by atoms with Crippen molar-refractivity contribution in [2.75, 3.05) is 4.90 Å². The van der Waals surface area contributed by atoms with Gasteiger partial charge < -0.3 is 4.90 Å². The van der Waals surface area contributed by atoms with Gasteiger partial charge in [-0.15, -0.1) is 11.3 Å². The molecule has 0 unspecified atom stereocenters. The summed E-state index contributed by atoms with van der Waals surface area (Å²) in [5, 5.41) is 4.69. The van der Waals surface area contributed by atoms with Crippen LogP contribution in [-0.2, 0) is 5.41 Å². The number of halogens is 1. The van der Waals surface area contributed by atoms with Crippen molar-refractivity contribution in [3.63, 3.8) is 0 Å². The Bertz CT molecular complexity index is 2860. The second kappa shape index (κ2) is 11.8. The van der Waals surface area contributed by atoms with Gasteiger partial charge in [-0.25, -0.2) is 4.39 Å². The Balaban J connectivity index is 1.18. The summed E-state index contributed by atoms with van der Waals surface area (Å²) in [7, 11) is 0. The number of hydrogen-bond acceptors (Lipinski definition) is 2. The summed E-state index contributed by atoms with van der Waals surface area (Å²) in [4.78, 5) is 2.40. The second-order valence-electron chi connectivity index (χ2n) is 14.3. The maximum atomic E-state index is 15.3. The maximum absolute atomic E-state index is 15.3. The molecule has 1 aliphatic rings. The molecule has 8 aromatic carbocycles. The molecular formula is C49H34FNS. The number of benzene rings is 8. The molecule has 1 nitrogen and oxygen atoms in total. The molecule has 1 aromatic heterocycles. The van der Waals surface area contributed by atoms with E-state index in [1.54, 1.807) is 12.1 Å². The third-order valence-electron chi connectivity index (χ3n) is 10.9. The van der Waals surface area contributed by atoms with Gasteiger partial charge in [0.15, 0.2) is 0 Å². The summed E-state index contributed by atoms with van der Waals surface area (Å²) in [6.45, 7) is 4.67. The fraction of sp³-hybridized carbons (Fsp3) is 0.0612. The molecular weight excluding hydrogens is 654 g/mol. The van der Waals surface area contributed by atoms with Crippen LogP contribution in [0.4, 0.5) is 21.5 Å². The summed E-state index contributed by atoms with van der Waals surface area (Å²) in [5.74, 6) is -0.219. The van der Waals surface area contributed by atoms with Gasteiger partial charge in [-0.05, 0) is 98.2 Å². The highest BCUT2D eigenvalue weighted by molar-refractivity contribution is 7.25. The Kier molecular flexibility index (Phi) is 6.96. The van der Waals surface area contributed by atoms with Crippen LogP contribution in [0.25, 0.3) is 64.3 Å². The zero-order chi connectivity index (χ0) is 35.0. The molecule has 52 heavy (non-hydrogen) atoms. The fourth-order valence-corrected chi connectivity index (χ4v) is 9.57. The lowest BCUT2D eigenvalue weighted by Crippen LogP contribution is -2.16. The van der Waals surface area contributed by atoms with Crippen LogP contribution >= 0.6 is 11.3 Å². The predicted molar refractivity (Wildman–Crippen MR) is 220 cm³/mol. The first kappa shape index (κ1) is 30.8. The molecule has 0 saturated heterocycles. The average Bonchev–Trinajstić information content (AvgIpc) is 3.66. The Labute approximate surface area is 306 Å². The smallest absolute Gasteiger partial charge is 0.131 e. The van der Waals surface area contributed by atoms with Crippen LogP contribution in [0.2, 0.25) is 0 Å². The molecule has 1 aliphatic carbocycles. The van der Waals surface area contributed by atoms with Crippen molar-refractivity contribution in [1.29, 1.82) is 0 Å². The first-order chi connectivity index (χ1) is 25.5. The minimum Gasteiger partial charge on any atom is -0.310 e. The fourth-order valence-electron chi connectivity index (χ4n) is 8.43. The number of hydrogen-bond donors (Lipinski definition) is 0. The molecule has 248 valence electrons. The monoisotopic (exact) mass is 687 g/mol. The number of nitrogens with zero attached hydrogens (tertiary/aromatic N) is 1. The summed E-state index contributed by atoms with van der Waals surface area (Å²) in [6.07, 6.45) is 0. The van der Waals surface area contributed by atoms with Crippen molar-refractivity contribution < 1.29 is 4.39 Å². The van der Waals surface area contributed by atoms with Crippen molar-refractivity contribution in [2.24, 2.45) is 0 Å². The predicted octanol–water partition coefficient (Wildman–Crippen LogP) is 14.5. The highest BCUT2D eigenvalue weighted by atomic mass is 32.1. The standard InChI is InChI=1S/C49H34FNS/c1-49(2)43-21-6-3-16-37(43)38-26-24-34(29-44(38)49)51(35-25-27-41-40-18-5-8-23-46(40)52-47(41)30-35)33-15-9-14-32(28-33)36-19-10-12-31-13-11-20-42(48(31)36)39-17-4-7-22-45(39)50/h3-30H,1-2H3. The molecule has 0 amide bonds. The van der Waals surface area contributed by atoms with E-state index in [4.69, 9.17) is 0 Å². The van der Waals surface area contributed by atoms with Crippen molar-refractivity contribution in [1.82, 2.24) is 0 Å². The van der Waals surface area contributed by atoms with Gasteiger partial charge in [-0.1, -0.05) is 135 Å². The van der Waals surface area contributed by atoms with Crippen molar-refractivity contribution in [2.45, 2.75) is 19.3 Å². The lowest BCUT2D eigenvalue weighted by atomic mass is 9.82. The van der Waals surface area contributed by atoms with Gasteiger partial charge in [0, 0.05) is 48.2 Å². The minimum absolute atomic E-state index is 0.128. The van der Waals surface area contributed by atoms with Crippen LogP contribution in [0.15, 0.2) is 170 Å². The van der Waals surface area contributed by atoms with Gasteiger partial charge in [-0.3, -0.25) is 0 Å². The van der Waals surface area contributed by atoms with E-state index in [0.717, 1.165) is 44.5 Å². The number of thiophene rings is 1. The van der Waals surface area contributed by atoms with E-state index in [1.807, 2.05) is 35.6 Å². The van der Waals surface area contributed by atoms with Gasteiger partial charge in [-0.2, -0.15) is 0 Å². The lowest BCUT2D eigenvalue weighted by molar-refractivity contribution is 0.631. The first-order valence-electron chi connectivity index (χ1n) is 17.8. The minimum atomic E-state index is -0.219. The van der Waals surface area contributed by atoms with Gasteiger partial charge in [0.05, 0.1) is 0 Å². The summed E-state index contributed by atoms with van der Waals surface area (Å²) in [6, 6.07) is 59.7. The SMILES string of the molecule is CC1(C)c2ccccc2-c2ccc(N(c3cccc(-c4cccc5cccc(-c6ccccc6F)c45)c3)c3ccc4c(c3)sc3ccccc34)cc21. The van der Waals surface area contributed by atoms with E-state index in [2.05, 4.69) is 152 Å². The molecule has 0 spiro atoms. The van der Waals surface area contributed by atoms with Crippen LogP contribution < -0.4 is 4.90 Å². The Hall–Kier alpha value is -6.03. The van der Waals surface area contributed by atoms with Crippen molar-refractivity contribution >= 4 is 59.3 Å². The van der Waals surface area contributed by atoms with E-state index in [-0.39, 0.29) is 11.2 Å². The molecule has 0 saturated carbocycles.